The molecule has 0 saturated carbocycles. The summed E-state index contributed by atoms with van der Waals surface area (Å²) >= 11 is 0. The van der Waals surface area contributed by atoms with Crippen molar-refractivity contribution >= 4 is 0 Å². The van der Waals surface area contributed by atoms with Crippen molar-refractivity contribution in [1.82, 2.24) is 0 Å². The molecule has 0 fully saturated rings. The van der Waals surface area contributed by atoms with E-state index in [4.69, 9.17) is 19.9 Å². The lowest BCUT2D eigenvalue weighted by Gasteiger charge is -2.14. The molecule has 0 radical (unpaired) electrons. The van der Waals surface area contributed by atoms with Gasteiger partial charge < -0.3 is 25.1 Å². The van der Waals surface area contributed by atoms with Crippen LogP contribution in [0, 0.1) is 0 Å². The largest absolute Gasteiger partial charge is 0.493 e. The molecule has 5 heteroatoms. The van der Waals surface area contributed by atoms with E-state index < -0.39 is 6.23 Å². The molecule has 0 heterocycles. The highest BCUT2D eigenvalue weighted by Gasteiger charge is 2.14. The fourth-order valence-corrected chi connectivity index (χ4v) is 1.27. The first kappa shape index (κ1) is 11.6. The van der Waals surface area contributed by atoms with Gasteiger partial charge in [0, 0.05) is 5.56 Å². The third kappa shape index (κ3) is 2.31. The molecule has 5 nitrogen and oxygen atoms in total. The Morgan fingerprint density at radius 1 is 1.07 bits per heavy atom. The van der Waals surface area contributed by atoms with Crippen LogP contribution in [0.3, 0.4) is 0 Å². The minimum absolute atomic E-state index is 0.469. The van der Waals surface area contributed by atoms with Crippen molar-refractivity contribution in [3.05, 3.63) is 17.7 Å². The Kier molecular flexibility index (Phi) is 3.76. The molecule has 0 aliphatic heterocycles. The smallest absolute Gasteiger partial charge is 0.203 e. The van der Waals surface area contributed by atoms with Gasteiger partial charge in [0.05, 0.1) is 21.3 Å². The maximum Gasteiger partial charge on any atom is 0.203 e. The van der Waals surface area contributed by atoms with Crippen molar-refractivity contribution in [1.29, 1.82) is 0 Å². The van der Waals surface area contributed by atoms with Crippen LogP contribution in [-0.2, 0) is 0 Å². The van der Waals surface area contributed by atoms with E-state index in [2.05, 4.69) is 0 Å². The second-order valence-electron chi connectivity index (χ2n) is 2.90. The van der Waals surface area contributed by atoms with E-state index >= 15 is 0 Å². The van der Waals surface area contributed by atoms with Crippen molar-refractivity contribution in [2.24, 2.45) is 5.73 Å². The number of hydrogen-bond acceptors (Lipinski definition) is 5. The average Bonchev–Trinajstić information content (AvgIpc) is 2.26. The van der Waals surface area contributed by atoms with E-state index in [-0.39, 0.29) is 0 Å². The molecular weight excluding hydrogens is 198 g/mol. The molecule has 0 aliphatic rings. The van der Waals surface area contributed by atoms with E-state index in [9.17, 15) is 5.11 Å². The van der Waals surface area contributed by atoms with E-state index in [0.29, 0.717) is 22.8 Å². The topological polar surface area (TPSA) is 73.9 Å². The van der Waals surface area contributed by atoms with E-state index in [1.54, 1.807) is 12.1 Å². The SMILES string of the molecule is COc1cc(C(N)O)cc(OC)c1OC. The van der Waals surface area contributed by atoms with E-state index in [1.807, 2.05) is 0 Å². The number of hydrogen-bond donors (Lipinski definition) is 2. The Bertz CT molecular complexity index is 313. The quantitative estimate of drug-likeness (QED) is 0.719. The van der Waals surface area contributed by atoms with Gasteiger partial charge >= 0.3 is 0 Å². The third-order valence-electron chi connectivity index (χ3n) is 2.03. The molecule has 0 bridgehead atoms. The van der Waals surface area contributed by atoms with Crippen molar-refractivity contribution < 1.29 is 19.3 Å². The lowest BCUT2D eigenvalue weighted by Crippen LogP contribution is -2.09. The molecular formula is C10H15NO4. The molecule has 1 aromatic rings. The van der Waals surface area contributed by atoms with Crippen LogP contribution < -0.4 is 19.9 Å². The van der Waals surface area contributed by atoms with Gasteiger partial charge in [0.1, 0.15) is 6.23 Å². The van der Waals surface area contributed by atoms with Crippen LogP contribution in [0.15, 0.2) is 12.1 Å². The highest BCUT2D eigenvalue weighted by Crippen LogP contribution is 2.38. The highest BCUT2D eigenvalue weighted by molar-refractivity contribution is 5.54. The number of aliphatic hydroxyl groups excluding tert-OH is 1. The lowest BCUT2D eigenvalue weighted by molar-refractivity contribution is 0.185. The maximum absolute atomic E-state index is 9.25. The summed E-state index contributed by atoms with van der Waals surface area (Å²) < 4.78 is 15.3. The van der Waals surface area contributed by atoms with Crippen molar-refractivity contribution in [3.63, 3.8) is 0 Å². The summed E-state index contributed by atoms with van der Waals surface area (Å²) in [7, 11) is 4.52. The Labute approximate surface area is 88.4 Å². The van der Waals surface area contributed by atoms with Gasteiger partial charge in [-0.2, -0.15) is 0 Å². The zero-order valence-electron chi connectivity index (χ0n) is 8.98. The molecule has 0 spiro atoms. The average molecular weight is 213 g/mol. The molecule has 0 saturated heterocycles. The van der Waals surface area contributed by atoms with Gasteiger partial charge in [-0.25, -0.2) is 0 Å². The first-order chi connectivity index (χ1) is 7.13. The van der Waals surface area contributed by atoms with Crippen molar-refractivity contribution in [3.8, 4) is 17.2 Å². The van der Waals surface area contributed by atoms with Gasteiger partial charge in [-0.05, 0) is 12.1 Å². The molecule has 1 rings (SSSR count). The molecule has 0 aromatic heterocycles. The summed E-state index contributed by atoms with van der Waals surface area (Å²) in [5.74, 6) is 1.41. The first-order valence-electron chi connectivity index (χ1n) is 4.37. The standard InChI is InChI=1S/C10H15NO4/c1-13-7-4-6(10(11)12)5-8(14-2)9(7)15-3/h4-5,10,12H,11H2,1-3H3. The molecule has 1 aromatic carbocycles. The summed E-state index contributed by atoms with van der Waals surface area (Å²) in [6.45, 7) is 0. The Morgan fingerprint density at radius 2 is 1.53 bits per heavy atom. The number of benzene rings is 1. The summed E-state index contributed by atoms with van der Waals surface area (Å²) in [6.07, 6.45) is -1.07. The molecule has 1 unspecified atom stereocenters. The number of nitrogens with two attached hydrogens (primary N) is 1. The molecule has 84 valence electrons. The summed E-state index contributed by atoms with van der Waals surface area (Å²) in [5.41, 5.74) is 5.86. The monoisotopic (exact) mass is 213 g/mol. The van der Waals surface area contributed by atoms with Crippen LogP contribution in [0.5, 0.6) is 17.2 Å². The van der Waals surface area contributed by atoms with E-state index in [0.717, 1.165) is 0 Å². The highest BCUT2D eigenvalue weighted by atomic mass is 16.5. The molecule has 0 aliphatic carbocycles. The minimum Gasteiger partial charge on any atom is -0.493 e. The summed E-state index contributed by atoms with van der Waals surface area (Å²) in [5, 5.41) is 9.25. The molecule has 3 N–H and O–H groups in total. The van der Waals surface area contributed by atoms with Gasteiger partial charge in [0.25, 0.3) is 0 Å². The van der Waals surface area contributed by atoms with Gasteiger partial charge in [-0.3, -0.25) is 0 Å². The summed E-state index contributed by atoms with van der Waals surface area (Å²) in [4.78, 5) is 0. The normalized spacial score (nSPS) is 12.1. The summed E-state index contributed by atoms with van der Waals surface area (Å²) in [6, 6.07) is 3.21. The predicted molar refractivity (Wildman–Crippen MR) is 55.2 cm³/mol. The minimum atomic E-state index is -1.07. The van der Waals surface area contributed by atoms with Crippen molar-refractivity contribution in [2.45, 2.75) is 6.23 Å². The van der Waals surface area contributed by atoms with Crippen LogP contribution in [0.4, 0.5) is 0 Å². The Hall–Kier alpha value is -1.46. The Morgan fingerprint density at radius 3 is 1.80 bits per heavy atom. The molecule has 0 amide bonds. The predicted octanol–water partition coefficient (Wildman–Crippen LogP) is 0.662. The maximum atomic E-state index is 9.25. The Balaban J connectivity index is 3.29. The lowest BCUT2D eigenvalue weighted by atomic mass is 10.1. The van der Waals surface area contributed by atoms with Crippen molar-refractivity contribution in [2.75, 3.05) is 21.3 Å². The van der Waals surface area contributed by atoms with Gasteiger partial charge in [0.2, 0.25) is 5.75 Å². The molecule has 1 atom stereocenters. The zero-order valence-corrected chi connectivity index (χ0v) is 8.98. The zero-order chi connectivity index (χ0) is 11.4. The van der Waals surface area contributed by atoms with Gasteiger partial charge in [-0.15, -0.1) is 0 Å². The number of methoxy groups -OCH3 is 3. The van der Waals surface area contributed by atoms with Crippen LogP contribution in [0.25, 0.3) is 0 Å². The number of rotatable bonds is 4. The fraction of sp³-hybridized carbons (Fsp3) is 0.400. The van der Waals surface area contributed by atoms with Crippen LogP contribution >= 0.6 is 0 Å². The second-order valence-corrected chi connectivity index (χ2v) is 2.90. The third-order valence-corrected chi connectivity index (χ3v) is 2.03. The second kappa shape index (κ2) is 4.86. The number of aliphatic hydroxyl groups is 1. The molecule has 15 heavy (non-hydrogen) atoms. The van der Waals surface area contributed by atoms with Gasteiger partial charge in [0.15, 0.2) is 11.5 Å². The number of ether oxygens (including phenoxy) is 3. The van der Waals surface area contributed by atoms with Crippen LogP contribution in [0.2, 0.25) is 0 Å². The van der Waals surface area contributed by atoms with Crippen LogP contribution in [-0.4, -0.2) is 26.4 Å². The first-order valence-corrected chi connectivity index (χ1v) is 4.37. The van der Waals surface area contributed by atoms with Gasteiger partial charge in [-0.1, -0.05) is 0 Å². The fourth-order valence-electron chi connectivity index (χ4n) is 1.27. The van der Waals surface area contributed by atoms with E-state index in [1.165, 1.54) is 21.3 Å². The van der Waals surface area contributed by atoms with Crippen LogP contribution in [0.1, 0.15) is 11.8 Å².